The Bertz CT molecular complexity index is 935. The van der Waals surface area contributed by atoms with E-state index < -0.39 is 41.3 Å². The Kier molecular flexibility index (Phi) is 6.93. The molecule has 1 heterocycles. The Morgan fingerprint density at radius 3 is 2.67 bits per heavy atom. The van der Waals surface area contributed by atoms with Crippen molar-refractivity contribution in [2.75, 3.05) is 11.9 Å². The van der Waals surface area contributed by atoms with Gasteiger partial charge in [-0.25, -0.2) is 24.7 Å². The maximum Gasteiger partial charge on any atom is 0.278 e. The summed E-state index contributed by atoms with van der Waals surface area (Å²) in [6.45, 7) is -0.719. The molecule has 4 N–H and O–H groups in total. The second kappa shape index (κ2) is 9.16. The van der Waals surface area contributed by atoms with Crippen molar-refractivity contribution in [2.45, 2.75) is 0 Å². The number of hydrogen-bond donors (Lipinski definition) is 4. The van der Waals surface area contributed by atoms with E-state index in [2.05, 4.69) is 15.1 Å². The smallest absolute Gasteiger partial charge is 0.278 e. The van der Waals surface area contributed by atoms with E-state index in [4.69, 9.17) is 10.5 Å². The quantitative estimate of drug-likeness (QED) is 0.276. The van der Waals surface area contributed by atoms with Crippen molar-refractivity contribution in [2.24, 2.45) is 0 Å². The Labute approximate surface area is 164 Å². The number of carbonyl (C=O) groups is 2. The SMILES string of the molecule is N#Cc1nc(Nc2ccc(I)cc2F)c(C(=O)NOCC(=O)NO)cc1F. The molecule has 0 spiro atoms. The van der Waals surface area contributed by atoms with Crippen molar-refractivity contribution in [3.05, 3.63) is 50.7 Å². The summed E-state index contributed by atoms with van der Waals surface area (Å²) >= 11 is 1.90. The van der Waals surface area contributed by atoms with E-state index in [-0.39, 0.29) is 11.5 Å². The number of halogens is 3. The number of aromatic nitrogens is 1. The molecule has 2 amide bonds. The van der Waals surface area contributed by atoms with E-state index in [1.807, 2.05) is 28.1 Å². The maximum atomic E-state index is 14.0. The average Bonchev–Trinajstić information content (AvgIpc) is 2.64. The van der Waals surface area contributed by atoms with Gasteiger partial charge in [0.05, 0.1) is 11.3 Å². The van der Waals surface area contributed by atoms with Gasteiger partial charge in [0.25, 0.3) is 11.8 Å². The van der Waals surface area contributed by atoms with E-state index in [0.29, 0.717) is 9.64 Å². The maximum absolute atomic E-state index is 14.0. The van der Waals surface area contributed by atoms with E-state index in [1.54, 1.807) is 6.07 Å². The highest BCUT2D eigenvalue weighted by molar-refractivity contribution is 14.1. The van der Waals surface area contributed by atoms with Gasteiger partial charge in [-0.05, 0) is 46.9 Å². The standard InChI is InChI=1S/C15H10F2IN5O4/c16-9-3-7(18)1-2-11(9)20-14-8(4-10(17)12(5-19)21-14)15(25)23-27-6-13(24)22-26/h1-4,26H,6H2,(H,20,21)(H,22,24)(H,23,25). The predicted octanol–water partition coefficient (Wildman–Crippen LogP) is 1.75. The molecule has 27 heavy (non-hydrogen) atoms. The molecule has 9 nitrogen and oxygen atoms in total. The molecule has 0 radical (unpaired) electrons. The number of carbonyl (C=O) groups excluding carboxylic acids is 2. The molecule has 0 atom stereocenters. The van der Waals surface area contributed by atoms with E-state index in [9.17, 15) is 18.4 Å². The topological polar surface area (TPSA) is 136 Å². The summed E-state index contributed by atoms with van der Waals surface area (Å²) in [5.41, 5.74) is 2.04. The zero-order valence-corrected chi connectivity index (χ0v) is 15.4. The van der Waals surface area contributed by atoms with Gasteiger partial charge >= 0.3 is 0 Å². The lowest BCUT2D eigenvalue weighted by atomic mass is 10.2. The van der Waals surface area contributed by atoms with Crippen LogP contribution in [0.3, 0.4) is 0 Å². The fourth-order valence-corrected chi connectivity index (χ4v) is 2.26. The third-order valence-electron chi connectivity index (χ3n) is 3.00. The summed E-state index contributed by atoms with van der Waals surface area (Å²) in [4.78, 5) is 31.2. The minimum absolute atomic E-state index is 0.0620. The molecule has 0 fully saturated rings. The van der Waals surface area contributed by atoms with Gasteiger partial charge in [0.2, 0.25) is 0 Å². The minimum atomic E-state index is -1.08. The van der Waals surface area contributed by atoms with Crippen LogP contribution < -0.4 is 16.3 Å². The fraction of sp³-hybridized carbons (Fsp3) is 0.0667. The summed E-state index contributed by atoms with van der Waals surface area (Å²) in [6.07, 6.45) is 0. The third kappa shape index (κ3) is 5.29. The van der Waals surface area contributed by atoms with Crippen molar-refractivity contribution in [1.29, 1.82) is 5.26 Å². The molecule has 2 rings (SSSR count). The number of nitrogens with one attached hydrogen (secondary N) is 3. The highest BCUT2D eigenvalue weighted by atomic mass is 127. The summed E-state index contributed by atoms with van der Waals surface area (Å²) in [5, 5.41) is 19.8. The van der Waals surface area contributed by atoms with Gasteiger partial charge in [0.15, 0.2) is 18.1 Å². The monoisotopic (exact) mass is 489 g/mol. The number of hydrogen-bond acceptors (Lipinski definition) is 7. The lowest BCUT2D eigenvalue weighted by molar-refractivity contribution is -0.135. The van der Waals surface area contributed by atoms with Gasteiger partial charge in [-0.2, -0.15) is 5.26 Å². The molecule has 0 bridgehead atoms. The van der Waals surface area contributed by atoms with Crippen LogP contribution in [0.5, 0.6) is 0 Å². The summed E-state index contributed by atoms with van der Waals surface area (Å²) < 4.78 is 28.5. The van der Waals surface area contributed by atoms with E-state index >= 15 is 0 Å². The zero-order valence-electron chi connectivity index (χ0n) is 13.2. The molecule has 0 unspecified atom stereocenters. The Morgan fingerprint density at radius 1 is 1.30 bits per heavy atom. The Hall–Kier alpha value is -2.89. The molecule has 12 heteroatoms. The second-order valence-corrected chi connectivity index (χ2v) is 6.08. The van der Waals surface area contributed by atoms with E-state index in [0.717, 1.165) is 0 Å². The average molecular weight is 489 g/mol. The third-order valence-corrected chi connectivity index (χ3v) is 3.67. The first-order valence-electron chi connectivity index (χ1n) is 7.03. The lowest BCUT2D eigenvalue weighted by Crippen LogP contribution is -2.31. The summed E-state index contributed by atoms with van der Waals surface area (Å²) in [7, 11) is 0. The van der Waals surface area contributed by atoms with Crippen molar-refractivity contribution in [3.8, 4) is 6.07 Å². The number of amides is 2. The molecule has 1 aromatic heterocycles. The van der Waals surface area contributed by atoms with Crippen LogP contribution in [0.1, 0.15) is 16.1 Å². The predicted molar refractivity (Wildman–Crippen MR) is 94.7 cm³/mol. The van der Waals surface area contributed by atoms with Crippen LogP contribution in [0.4, 0.5) is 20.3 Å². The molecule has 0 aliphatic carbocycles. The summed E-state index contributed by atoms with van der Waals surface area (Å²) in [6, 6.07) is 6.39. The van der Waals surface area contributed by atoms with Crippen LogP contribution in [0, 0.1) is 26.5 Å². The number of pyridine rings is 1. The van der Waals surface area contributed by atoms with Crippen LogP contribution in [0.15, 0.2) is 24.3 Å². The van der Waals surface area contributed by atoms with Crippen LogP contribution in [0.25, 0.3) is 0 Å². The van der Waals surface area contributed by atoms with Gasteiger partial charge < -0.3 is 5.32 Å². The highest BCUT2D eigenvalue weighted by Gasteiger charge is 2.19. The highest BCUT2D eigenvalue weighted by Crippen LogP contribution is 2.24. The Morgan fingerprint density at radius 2 is 2.04 bits per heavy atom. The molecule has 0 aliphatic rings. The fourth-order valence-electron chi connectivity index (χ4n) is 1.81. The van der Waals surface area contributed by atoms with E-state index in [1.165, 1.54) is 23.7 Å². The van der Waals surface area contributed by atoms with Gasteiger partial charge in [-0.1, -0.05) is 0 Å². The molecular weight excluding hydrogens is 479 g/mol. The normalized spacial score (nSPS) is 10.0. The number of benzene rings is 1. The number of nitriles is 1. The molecule has 1 aromatic carbocycles. The van der Waals surface area contributed by atoms with Crippen molar-refractivity contribution < 1.29 is 28.4 Å². The first-order chi connectivity index (χ1) is 12.8. The molecule has 0 aliphatic heterocycles. The van der Waals surface area contributed by atoms with Crippen LogP contribution >= 0.6 is 22.6 Å². The number of nitrogens with zero attached hydrogens (tertiary/aromatic N) is 2. The number of hydroxylamine groups is 2. The van der Waals surface area contributed by atoms with Gasteiger partial charge in [0, 0.05) is 3.57 Å². The van der Waals surface area contributed by atoms with Crippen LogP contribution in [-0.4, -0.2) is 28.6 Å². The van der Waals surface area contributed by atoms with Gasteiger partial charge in [-0.3, -0.25) is 19.6 Å². The van der Waals surface area contributed by atoms with Crippen molar-refractivity contribution in [3.63, 3.8) is 0 Å². The molecule has 140 valence electrons. The van der Waals surface area contributed by atoms with Gasteiger partial charge in [-0.15, -0.1) is 0 Å². The number of rotatable bonds is 6. The number of anilines is 2. The van der Waals surface area contributed by atoms with Crippen LogP contribution in [-0.2, 0) is 9.63 Å². The molecule has 0 saturated heterocycles. The molecule has 0 saturated carbocycles. The zero-order chi connectivity index (χ0) is 20.0. The second-order valence-electron chi connectivity index (χ2n) is 4.83. The molecular formula is C15H10F2IN5O4. The first kappa shape index (κ1) is 20.4. The largest absolute Gasteiger partial charge is 0.337 e. The minimum Gasteiger partial charge on any atom is -0.337 e. The van der Waals surface area contributed by atoms with Gasteiger partial charge in [0.1, 0.15) is 17.7 Å². The Balaban J connectivity index is 2.32. The lowest BCUT2D eigenvalue weighted by Gasteiger charge is -2.13. The molecule has 2 aromatic rings. The van der Waals surface area contributed by atoms with Crippen LogP contribution in [0.2, 0.25) is 0 Å². The summed E-state index contributed by atoms with van der Waals surface area (Å²) in [5.74, 6) is -4.01. The van der Waals surface area contributed by atoms with Crippen molar-refractivity contribution >= 4 is 45.9 Å². The first-order valence-corrected chi connectivity index (χ1v) is 8.11. The van der Waals surface area contributed by atoms with Crippen molar-refractivity contribution in [1.82, 2.24) is 15.9 Å².